The summed E-state index contributed by atoms with van der Waals surface area (Å²) in [5.74, 6) is 3.00. The largest absolute Gasteiger partial charge is 0.366 e. The van der Waals surface area contributed by atoms with Crippen LogP contribution in [0.25, 0.3) is 0 Å². The zero-order valence-corrected chi connectivity index (χ0v) is 14.6. The highest BCUT2D eigenvalue weighted by Crippen LogP contribution is 2.64. The van der Waals surface area contributed by atoms with Gasteiger partial charge in [-0.25, -0.2) is 0 Å². The third-order valence-corrected chi connectivity index (χ3v) is 7.34. The van der Waals surface area contributed by atoms with E-state index in [0.29, 0.717) is 29.5 Å². The van der Waals surface area contributed by atoms with Gasteiger partial charge >= 0.3 is 0 Å². The van der Waals surface area contributed by atoms with Gasteiger partial charge in [0.2, 0.25) is 0 Å². The highest BCUT2D eigenvalue weighted by Gasteiger charge is 2.68. The lowest BCUT2D eigenvalue weighted by Crippen LogP contribution is -2.46. The van der Waals surface area contributed by atoms with Crippen molar-refractivity contribution in [2.75, 3.05) is 0 Å². The van der Waals surface area contributed by atoms with Gasteiger partial charge in [0.15, 0.2) is 0 Å². The molecular weight excluding hydrogens is 260 g/mol. The van der Waals surface area contributed by atoms with Gasteiger partial charge < -0.3 is 9.47 Å². The van der Waals surface area contributed by atoms with Crippen LogP contribution in [0.3, 0.4) is 0 Å². The van der Waals surface area contributed by atoms with Crippen molar-refractivity contribution in [1.82, 2.24) is 0 Å². The quantitative estimate of drug-likeness (QED) is 0.704. The summed E-state index contributed by atoms with van der Waals surface area (Å²) in [5.41, 5.74) is 0.704. The lowest BCUT2D eigenvalue weighted by Gasteiger charge is -2.46. The summed E-state index contributed by atoms with van der Waals surface area (Å²) in [6, 6.07) is 0. The Labute approximate surface area is 130 Å². The smallest absolute Gasteiger partial charge is 0.0926 e. The van der Waals surface area contributed by atoms with Gasteiger partial charge in [-0.05, 0) is 68.6 Å². The highest BCUT2D eigenvalue weighted by atomic mass is 16.6. The summed E-state index contributed by atoms with van der Waals surface area (Å²) < 4.78 is 12.4. The summed E-state index contributed by atoms with van der Waals surface area (Å²) in [5, 5.41) is 0. The minimum absolute atomic E-state index is 0.188. The molecule has 4 rings (SSSR count). The molecule has 0 aromatic carbocycles. The zero-order valence-electron chi connectivity index (χ0n) is 14.6. The molecule has 0 bridgehead atoms. The van der Waals surface area contributed by atoms with E-state index in [-0.39, 0.29) is 11.2 Å². The Bertz CT molecular complexity index is 418. The van der Waals surface area contributed by atoms with Gasteiger partial charge in [-0.15, -0.1) is 0 Å². The number of hydrogen-bond acceptors (Lipinski definition) is 2. The number of ether oxygens (including phenoxy) is 2. The third kappa shape index (κ3) is 2.05. The van der Waals surface area contributed by atoms with Crippen LogP contribution in [0.15, 0.2) is 0 Å². The first-order chi connectivity index (χ1) is 9.66. The fraction of sp³-hybridized carbons (Fsp3) is 1.00. The highest BCUT2D eigenvalue weighted by molar-refractivity contribution is 5.15. The molecule has 0 radical (unpaired) electrons. The summed E-state index contributed by atoms with van der Waals surface area (Å²) in [6.45, 7) is 14.5. The Kier molecular flexibility index (Phi) is 2.80. The van der Waals surface area contributed by atoms with Crippen LogP contribution in [-0.2, 0) is 9.47 Å². The monoisotopic (exact) mass is 292 g/mol. The summed E-state index contributed by atoms with van der Waals surface area (Å²) in [7, 11) is 0. The molecule has 2 aliphatic carbocycles. The minimum Gasteiger partial charge on any atom is -0.366 e. The number of hydrogen-bond donors (Lipinski definition) is 0. The molecule has 2 heteroatoms. The molecular formula is C19H32O2. The fourth-order valence-corrected chi connectivity index (χ4v) is 6.18. The molecule has 4 fully saturated rings. The standard InChI is InChI=1S/C19H32O2/c1-11-7-13(15-18(5,9-11)20-15)17(3,4)14-8-12(2)10-19(6)16(14)21-19/h11-16H,7-10H2,1-6H3. The first-order valence-electron chi connectivity index (χ1n) is 9.01. The van der Waals surface area contributed by atoms with Gasteiger partial charge in [-0.3, -0.25) is 0 Å². The normalized spacial score (nSPS) is 59.1. The van der Waals surface area contributed by atoms with E-state index in [9.17, 15) is 0 Å². The molecule has 4 aliphatic rings. The Hall–Kier alpha value is -0.0800. The van der Waals surface area contributed by atoms with Crippen molar-refractivity contribution in [1.29, 1.82) is 0 Å². The van der Waals surface area contributed by atoms with Crippen LogP contribution in [0.5, 0.6) is 0 Å². The van der Waals surface area contributed by atoms with E-state index < -0.39 is 0 Å². The van der Waals surface area contributed by atoms with Gasteiger partial charge in [0, 0.05) is 0 Å². The minimum atomic E-state index is 0.188. The van der Waals surface area contributed by atoms with E-state index in [1.807, 2.05) is 0 Å². The van der Waals surface area contributed by atoms with Gasteiger partial charge in [-0.1, -0.05) is 27.7 Å². The Morgan fingerprint density at radius 1 is 0.810 bits per heavy atom. The third-order valence-electron chi connectivity index (χ3n) is 7.34. The van der Waals surface area contributed by atoms with Crippen molar-refractivity contribution in [2.45, 2.75) is 90.6 Å². The second kappa shape index (κ2) is 4.06. The molecule has 8 atom stereocenters. The van der Waals surface area contributed by atoms with Crippen LogP contribution in [0.2, 0.25) is 0 Å². The fourth-order valence-electron chi connectivity index (χ4n) is 6.18. The molecule has 0 amide bonds. The maximum atomic E-state index is 6.19. The molecule has 0 aromatic heterocycles. The van der Waals surface area contributed by atoms with Crippen LogP contribution in [0.1, 0.15) is 67.2 Å². The second-order valence-corrected chi connectivity index (χ2v) is 9.83. The van der Waals surface area contributed by atoms with Gasteiger partial charge in [0.25, 0.3) is 0 Å². The topological polar surface area (TPSA) is 25.1 Å². The van der Waals surface area contributed by atoms with Crippen LogP contribution < -0.4 is 0 Å². The Morgan fingerprint density at radius 3 is 1.57 bits per heavy atom. The SMILES string of the molecule is CC1CC(C(C)(C)C2CC(C)CC3(C)OC23)C2OC2(C)C1. The molecule has 21 heavy (non-hydrogen) atoms. The van der Waals surface area contributed by atoms with Gasteiger partial charge in [0.1, 0.15) is 0 Å². The molecule has 0 N–H and O–H groups in total. The van der Waals surface area contributed by atoms with E-state index in [1.54, 1.807) is 0 Å². The summed E-state index contributed by atoms with van der Waals surface area (Å²) >= 11 is 0. The molecule has 0 aromatic rings. The molecule has 8 unspecified atom stereocenters. The van der Waals surface area contributed by atoms with Gasteiger partial charge in [0.05, 0.1) is 23.4 Å². The predicted molar refractivity (Wildman–Crippen MR) is 84.1 cm³/mol. The maximum absolute atomic E-state index is 6.19. The van der Waals surface area contributed by atoms with E-state index in [1.165, 1.54) is 25.7 Å². The first-order valence-corrected chi connectivity index (χ1v) is 9.01. The number of fused-ring (bicyclic) bond motifs is 2. The molecule has 120 valence electrons. The summed E-state index contributed by atoms with van der Waals surface area (Å²) in [4.78, 5) is 0. The lowest BCUT2D eigenvalue weighted by molar-refractivity contribution is 0.0319. The second-order valence-electron chi connectivity index (χ2n) is 9.83. The number of epoxide rings is 2. The van der Waals surface area contributed by atoms with Crippen LogP contribution >= 0.6 is 0 Å². The molecule has 2 heterocycles. The van der Waals surface area contributed by atoms with Crippen molar-refractivity contribution in [3.63, 3.8) is 0 Å². The molecule has 2 aliphatic heterocycles. The lowest BCUT2D eigenvalue weighted by atomic mass is 9.56. The van der Waals surface area contributed by atoms with Crippen molar-refractivity contribution in [2.24, 2.45) is 29.1 Å². The Balaban J connectivity index is 1.59. The van der Waals surface area contributed by atoms with Crippen molar-refractivity contribution in [3.05, 3.63) is 0 Å². The predicted octanol–water partition coefficient (Wildman–Crippen LogP) is 4.42. The number of rotatable bonds is 2. The summed E-state index contributed by atoms with van der Waals surface area (Å²) in [6.07, 6.45) is 6.19. The van der Waals surface area contributed by atoms with Crippen molar-refractivity contribution < 1.29 is 9.47 Å². The van der Waals surface area contributed by atoms with Gasteiger partial charge in [-0.2, -0.15) is 0 Å². The van der Waals surface area contributed by atoms with Crippen LogP contribution in [0.4, 0.5) is 0 Å². The average Bonchev–Trinajstić information content (AvgIpc) is 3.19. The molecule has 2 saturated heterocycles. The Morgan fingerprint density at radius 2 is 1.19 bits per heavy atom. The van der Waals surface area contributed by atoms with E-state index in [2.05, 4.69) is 41.5 Å². The van der Waals surface area contributed by atoms with Crippen molar-refractivity contribution >= 4 is 0 Å². The zero-order chi connectivity index (χ0) is 15.2. The van der Waals surface area contributed by atoms with E-state index in [4.69, 9.17) is 9.47 Å². The first kappa shape index (κ1) is 14.5. The molecule has 2 saturated carbocycles. The molecule has 0 spiro atoms. The van der Waals surface area contributed by atoms with Crippen molar-refractivity contribution in [3.8, 4) is 0 Å². The van der Waals surface area contributed by atoms with E-state index >= 15 is 0 Å². The average molecular weight is 292 g/mol. The van der Waals surface area contributed by atoms with Crippen LogP contribution in [-0.4, -0.2) is 23.4 Å². The van der Waals surface area contributed by atoms with Crippen LogP contribution in [0, 0.1) is 29.1 Å². The molecule has 2 nitrogen and oxygen atoms in total. The maximum Gasteiger partial charge on any atom is 0.0926 e. The van der Waals surface area contributed by atoms with E-state index in [0.717, 1.165) is 11.8 Å².